The van der Waals surface area contributed by atoms with Gasteiger partial charge in [-0.25, -0.2) is 0 Å². The minimum atomic E-state index is -1.00. The van der Waals surface area contributed by atoms with Crippen LogP contribution in [-0.4, -0.2) is 27.7 Å². The fourth-order valence-electron chi connectivity index (χ4n) is 3.02. The molecule has 9 heteroatoms. The van der Waals surface area contributed by atoms with Crippen LogP contribution in [0, 0.1) is 10.1 Å². The zero-order chi connectivity index (χ0) is 21.8. The summed E-state index contributed by atoms with van der Waals surface area (Å²) < 4.78 is 11.3. The number of nitrogens with zero attached hydrogens (tertiary/aromatic N) is 3. The fourth-order valence-corrected chi connectivity index (χ4v) is 3.02. The quantitative estimate of drug-likeness (QED) is 0.237. The molecule has 0 bridgehead atoms. The number of allylic oxidation sites excluding steroid dienone is 1. The van der Waals surface area contributed by atoms with Gasteiger partial charge in [0, 0.05) is 31.5 Å². The van der Waals surface area contributed by atoms with E-state index < -0.39 is 23.0 Å². The number of carbonyl (C=O) groups excluding carboxylic acids is 2. The zero-order valence-corrected chi connectivity index (χ0v) is 16.4. The number of nitro benzene ring substituents is 1. The molecule has 1 amide bonds. The average molecular weight is 409 g/mol. The molecule has 1 heterocycles. The SMILES string of the molecule is C=CCc1cccc(C2OC(c3cccc([N+](=O)[O-])c3)=NN2C(C)=O)c1OC(C)=O. The van der Waals surface area contributed by atoms with Gasteiger partial charge in [0.25, 0.3) is 5.69 Å². The fraction of sp³-hybridized carbons (Fsp3) is 0.190. The first kappa shape index (κ1) is 20.7. The smallest absolute Gasteiger partial charge is 0.308 e. The normalized spacial score (nSPS) is 15.2. The van der Waals surface area contributed by atoms with E-state index in [0.717, 1.165) is 5.01 Å². The molecule has 1 aliphatic rings. The van der Waals surface area contributed by atoms with Gasteiger partial charge in [-0.15, -0.1) is 11.7 Å². The van der Waals surface area contributed by atoms with Crippen molar-refractivity contribution in [1.29, 1.82) is 0 Å². The van der Waals surface area contributed by atoms with E-state index in [0.29, 0.717) is 23.1 Å². The number of non-ortho nitro benzene ring substituents is 1. The zero-order valence-electron chi connectivity index (χ0n) is 16.4. The first-order chi connectivity index (χ1) is 14.3. The summed E-state index contributed by atoms with van der Waals surface area (Å²) in [6.07, 6.45) is 1.09. The predicted molar refractivity (Wildman–Crippen MR) is 108 cm³/mol. The number of para-hydroxylation sites is 1. The molecule has 0 aromatic heterocycles. The Morgan fingerprint density at radius 3 is 2.67 bits per heavy atom. The molecule has 0 aliphatic carbocycles. The second-order valence-corrected chi connectivity index (χ2v) is 6.47. The third-order valence-electron chi connectivity index (χ3n) is 4.27. The lowest BCUT2D eigenvalue weighted by molar-refractivity contribution is -0.384. The van der Waals surface area contributed by atoms with Crippen LogP contribution in [0.5, 0.6) is 5.75 Å². The number of nitro groups is 1. The number of ether oxygens (including phenoxy) is 2. The van der Waals surface area contributed by atoms with Crippen molar-refractivity contribution in [1.82, 2.24) is 5.01 Å². The molecule has 3 rings (SSSR count). The van der Waals surface area contributed by atoms with Crippen LogP contribution >= 0.6 is 0 Å². The molecule has 0 saturated carbocycles. The Kier molecular flexibility index (Phi) is 5.91. The van der Waals surface area contributed by atoms with Crippen molar-refractivity contribution < 1.29 is 24.0 Å². The lowest BCUT2D eigenvalue weighted by atomic mass is 10.0. The van der Waals surface area contributed by atoms with E-state index in [4.69, 9.17) is 9.47 Å². The highest BCUT2D eigenvalue weighted by Crippen LogP contribution is 2.38. The standard InChI is InChI=1S/C21H19N3O6/c1-4-7-15-8-6-11-18(19(15)29-14(3)26)21-23(13(2)25)22-20(30-21)16-9-5-10-17(12-16)24(27)28/h4-6,8-12,21H,1,7H2,2-3H3. The topological polar surface area (TPSA) is 111 Å². The Labute approximate surface area is 172 Å². The first-order valence-electron chi connectivity index (χ1n) is 9.02. The van der Waals surface area contributed by atoms with Crippen molar-refractivity contribution in [2.24, 2.45) is 5.10 Å². The van der Waals surface area contributed by atoms with Crippen LogP contribution in [0.3, 0.4) is 0 Å². The van der Waals surface area contributed by atoms with Crippen molar-refractivity contribution in [2.45, 2.75) is 26.5 Å². The summed E-state index contributed by atoms with van der Waals surface area (Å²) in [6, 6.07) is 10.9. The summed E-state index contributed by atoms with van der Waals surface area (Å²) in [6.45, 7) is 6.30. The summed E-state index contributed by atoms with van der Waals surface area (Å²) in [4.78, 5) is 34.5. The highest BCUT2D eigenvalue weighted by atomic mass is 16.6. The van der Waals surface area contributed by atoms with Gasteiger partial charge in [0.1, 0.15) is 5.75 Å². The maximum absolute atomic E-state index is 12.2. The Bertz CT molecular complexity index is 1060. The highest BCUT2D eigenvalue weighted by Gasteiger charge is 2.36. The number of benzene rings is 2. The van der Waals surface area contributed by atoms with Crippen molar-refractivity contribution >= 4 is 23.5 Å². The molecule has 0 radical (unpaired) electrons. The summed E-state index contributed by atoms with van der Waals surface area (Å²) >= 11 is 0. The monoisotopic (exact) mass is 409 g/mol. The molecule has 1 atom stereocenters. The van der Waals surface area contributed by atoms with Gasteiger partial charge >= 0.3 is 5.97 Å². The molecular weight excluding hydrogens is 390 g/mol. The molecule has 9 nitrogen and oxygen atoms in total. The van der Waals surface area contributed by atoms with Crippen molar-refractivity contribution in [3.8, 4) is 5.75 Å². The largest absolute Gasteiger partial charge is 0.446 e. The van der Waals surface area contributed by atoms with E-state index in [2.05, 4.69) is 11.7 Å². The molecule has 0 N–H and O–H groups in total. The number of hydrazone groups is 1. The predicted octanol–water partition coefficient (Wildman–Crippen LogP) is 3.49. The van der Waals surface area contributed by atoms with E-state index in [1.807, 2.05) is 0 Å². The number of carbonyl (C=O) groups is 2. The van der Waals surface area contributed by atoms with Crippen LogP contribution in [0.1, 0.15) is 36.8 Å². The van der Waals surface area contributed by atoms with Crippen LogP contribution in [-0.2, 0) is 20.7 Å². The van der Waals surface area contributed by atoms with E-state index in [1.165, 1.54) is 32.0 Å². The van der Waals surface area contributed by atoms with Gasteiger partial charge in [-0.2, -0.15) is 5.01 Å². The van der Waals surface area contributed by atoms with Crippen LogP contribution in [0.15, 0.2) is 60.2 Å². The Morgan fingerprint density at radius 2 is 2.03 bits per heavy atom. The number of amides is 1. The van der Waals surface area contributed by atoms with Crippen molar-refractivity contribution in [3.05, 3.63) is 81.9 Å². The third kappa shape index (κ3) is 4.19. The van der Waals surface area contributed by atoms with Crippen LogP contribution in [0.4, 0.5) is 5.69 Å². The average Bonchev–Trinajstić information content (AvgIpc) is 3.15. The van der Waals surface area contributed by atoms with Crippen LogP contribution in [0.2, 0.25) is 0 Å². The molecule has 0 spiro atoms. The molecule has 1 aliphatic heterocycles. The molecule has 1 unspecified atom stereocenters. The summed E-state index contributed by atoms with van der Waals surface area (Å²) in [7, 11) is 0. The van der Waals surface area contributed by atoms with Crippen LogP contribution in [0.25, 0.3) is 0 Å². The third-order valence-corrected chi connectivity index (χ3v) is 4.27. The number of hydrogen-bond donors (Lipinski definition) is 0. The molecule has 154 valence electrons. The molecule has 0 fully saturated rings. The Balaban J connectivity index is 2.05. The van der Waals surface area contributed by atoms with E-state index in [-0.39, 0.29) is 17.3 Å². The van der Waals surface area contributed by atoms with Gasteiger partial charge in [0.15, 0.2) is 0 Å². The van der Waals surface area contributed by atoms with Crippen LogP contribution < -0.4 is 4.74 Å². The first-order valence-corrected chi connectivity index (χ1v) is 9.02. The van der Waals surface area contributed by atoms with Gasteiger partial charge in [0.2, 0.25) is 18.0 Å². The number of hydrogen-bond acceptors (Lipinski definition) is 7. The highest BCUT2D eigenvalue weighted by molar-refractivity contribution is 5.97. The van der Waals surface area contributed by atoms with Crippen molar-refractivity contribution in [2.75, 3.05) is 0 Å². The molecular formula is C21H19N3O6. The van der Waals surface area contributed by atoms with Gasteiger partial charge < -0.3 is 9.47 Å². The van der Waals surface area contributed by atoms with Gasteiger partial charge in [-0.1, -0.05) is 24.3 Å². The second-order valence-electron chi connectivity index (χ2n) is 6.47. The van der Waals surface area contributed by atoms with E-state index in [9.17, 15) is 19.7 Å². The molecule has 2 aromatic carbocycles. The number of esters is 1. The maximum Gasteiger partial charge on any atom is 0.308 e. The molecule has 2 aromatic rings. The van der Waals surface area contributed by atoms with Crippen molar-refractivity contribution in [3.63, 3.8) is 0 Å². The van der Waals surface area contributed by atoms with E-state index in [1.54, 1.807) is 30.3 Å². The lowest BCUT2D eigenvalue weighted by Crippen LogP contribution is -2.26. The van der Waals surface area contributed by atoms with Gasteiger partial charge in [-0.05, 0) is 24.1 Å². The summed E-state index contributed by atoms with van der Waals surface area (Å²) in [5, 5.41) is 16.4. The van der Waals surface area contributed by atoms with Gasteiger partial charge in [0.05, 0.1) is 10.5 Å². The Hall–Kier alpha value is -4.01. The Morgan fingerprint density at radius 1 is 1.30 bits per heavy atom. The van der Waals surface area contributed by atoms with Gasteiger partial charge in [-0.3, -0.25) is 19.7 Å². The lowest BCUT2D eigenvalue weighted by Gasteiger charge is -2.22. The number of rotatable bonds is 6. The van der Waals surface area contributed by atoms with E-state index >= 15 is 0 Å². The molecule has 30 heavy (non-hydrogen) atoms. The summed E-state index contributed by atoms with van der Waals surface area (Å²) in [5.41, 5.74) is 1.32. The summed E-state index contributed by atoms with van der Waals surface area (Å²) in [5.74, 6) is -0.637. The molecule has 0 saturated heterocycles. The second kappa shape index (κ2) is 8.56. The maximum atomic E-state index is 12.2. The minimum absolute atomic E-state index is 0.0433. The minimum Gasteiger partial charge on any atom is -0.446 e.